The molecule has 0 saturated heterocycles. The van der Waals surface area contributed by atoms with E-state index < -0.39 is 0 Å². The van der Waals surface area contributed by atoms with Crippen LogP contribution < -0.4 is 4.90 Å². The molecule has 7 aromatic rings. The molecule has 0 aliphatic carbocycles. The topological polar surface area (TPSA) is 26.0 Å². The van der Waals surface area contributed by atoms with Gasteiger partial charge in [0.25, 0.3) is 0 Å². The molecule has 1 aliphatic heterocycles. The Labute approximate surface area is 226 Å². The van der Waals surface area contributed by atoms with E-state index in [0.29, 0.717) is 0 Å². The normalized spacial score (nSPS) is 13.0. The third kappa shape index (κ3) is 3.28. The molecule has 0 bridgehead atoms. The maximum atomic E-state index is 4.72. The highest BCUT2D eigenvalue weighted by atomic mass is 15.2. The maximum Gasteiger partial charge on any atom is 0.145 e. The van der Waals surface area contributed by atoms with E-state index in [1.165, 1.54) is 55.4 Å². The summed E-state index contributed by atoms with van der Waals surface area (Å²) in [4.78, 5) is 7.04. The third-order valence-corrected chi connectivity index (χ3v) is 7.93. The van der Waals surface area contributed by atoms with Gasteiger partial charge in [0.2, 0.25) is 0 Å². The summed E-state index contributed by atoms with van der Waals surface area (Å²) in [5, 5.41) is 3.68. The predicted octanol–water partition coefficient (Wildman–Crippen LogP) is 8.25. The molecule has 8 rings (SSSR count). The number of rotatable bonds is 3. The number of likely N-dealkylation sites (N-methyl/N-ethyl adjacent to an activating group) is 1. The van der Waals surface area contributed by atoms with Crippen LogP contribution in [-0.4, -0.2) is 27.7 Å². The second kappa shape index (κ2) is 8.47. The number of hydrogen-bond acceptors (Lipinski definition) is 2. The molecule has 0 fully saturated rings. The molecular formula is C35H26N4. The van der Waals surface area contributed by atoms with Gasteiger partial charge in [-0.3, -0.25) is 9.13 Å². The monoisotopic (exact) mass is 502 g/mol. The van der Waals surface area contributed by atoms with Crippen molar-refractivity contribution in [3.05, 3.63) is 127 Å². The van der Waals surface area contributed by atoms with E-state index in [1.54, 1.807) is 0 Å². The Morgan fingerprint density at radius 1 is 0.590 bits per heavy atom. The summed E-state index contributed by atoms with van der Waals surface area (Å²) in [7, 11) is 2.17. The number of benzene rings is 4. The SMILES string of the molecule is CN1CC=Cc2c1n(-c1ccc(-c3ccc(-n4c5ccccc5c5cccnc54)cc3)cc1)c1ccccc21. The standard InChI is InChI=1S/C35H26N4/c1-37-23-7-11-31-29-9-3-5-13-33(29)39(35(31)37)27-20-16-25(17-21-27)24-14-18-26(19-15-24)38-32-12-4-2-8-28(32)30-10-6-22-36-34(30)38/h2-22H,23H2,1H3. The molecular weight excluding hydrogens is 476 g/mol. The number of anilines is 1. The van der Waals surface area contributed by atoms with Crippen LogP contribution >= 0.6 is 0 Å². The molecule has 0 atom stereocenters. The van der Waals surface area contributed by atoms with E-state index in [2.05, 4.69) is 136 Å². The van der Waals surface area contributed by atoms with Crippen LogP contribution in [0.25, 0.3) is 61.4 Å². The van der Waals surface area contributed by atoms with Crippen LogP contribution in [0.3, 0.4) is 0 Å². The first kappa shape index (κ1) is 21.9. The molecule has 4 aromatic carbocycles. The van der Waals surface area contributed by atoms with Crippen LogP contribution in [0, 0.1) is 0 Å². The van der Waals surface area contributed by atoms with E-state index in [9.17, 15) is 0 Å². The van der Waals surface area contributed by atoms with Crippen molar-refractivity contribution in [2.45, 2.75) is 0 Å². The Hall–Kier alpha value is -5.09. The fourth-order valence-corrected chi connectivity index (χ4v) is 6.13. The van der Waals surface area contributed by atoms with Crippen LogP contribution in [0.1, 0.15) is 5.56 Å². The first-order valence-electron chi connectivity index (χ1n) is 13.3. The zero-order valence-electron chi connectivity index (χ0n) is 21.6. The van der Waals surface area contributed by atoms with E-state index in [-0.39, 0.29) is 0 Å². The lowest BCUT2D eigenvalue weighted by atomic mass is 10.0. The van der Waals surface area contributed by atoms with Crippen LogP contribution in [0.5, 0.6) is 0 Å². The maximum absolute atomic E-state index is 4.72. The first-order valence-corrected chi connectivity index (χ1v) is 13.3. The Bertz CT molecular complexity index is 1990. The second-order valence-corrected chi connectivity index (χ2v) is 10.2. The minimum atomic E-state index is 0.912. The number of hydrogen-bond donors (Lipinski definition) is 0. The van der Waals surface area contributed by atoms with E-state index in [1.807, 2.05) is 12.3 Å². The van der Waals surface area contributed by atoms with Crippen molar-refractivity contribution in [1.29, 1.82) is 0 Å². The molecule has 4 heteroatoms. The summed E-state index contributed by atoms with van der Waals surface area (Å²) in [5.74, 6) is 1.25. The molecule has 39 heavy (non-hydrogen) atoms. The van der Waals surface area contributed by atoms with Gasteiger partial charge in [0.15, 0.2) is 0 Å². The Balaban J connectivity index is 1.19. The molecule has 0 spiro atoms. The highest BCUT2D eigenvalue weighted by Gasteiger charge is 2.21. The molecule has 0 amide bonds. The lowest BCUT2D eigenvalue weighted by Gasteiger charge is -2.24. The van der Waals surface area contributed by atoms with Crippen molar-refractivity contribution in [2.24, 2.45) is 0 Å². The van der Waals surface area contributed by atoms with Crippen molar-refractivity contribution < 1.29 is 0 Å². The minimum Gasteiger partial charge on any atom is -0.357 e. The molecule has 0 unspecified atom stereocenters. The number of para-hydroxylation sites is 2. The highest BCUT2D eigenvalue weighted by molar-refractivity contribution is 6.07. The third-order valence-electron chi connectivity index (χ3n) is 7.93. The van der Waals surface area contributed by atoms with Gasteiger partial charge >= 0.3 is 0 Å². The van der Waals surface area contributed by atoms with Gasteiger partial charge in [0.1, 0.15) is 11.5 Å². The Morgan fingerprint density at radius 2 is 1.18 bits per heavy atom. The quantitative estimate of drug-likeness (QED) is 0.243. The van der Waals surface area contributed by atoms with Crippen molar-refractivity contribution in [1.82, 2.24) is 14.1 Å². The smallest absolute Gasteiger partial charge is 0.145 e. The van der Waals surface area contributed by atoms with Gasteiger partial charge in [-0.25, -0.2) is 4.98 Å². The zero-order chi connectivity index (χ0) is 25.9. The van der Waals surface area contributed by atoms with Crippen molar-refractivity contribution >= 4 is 44.7 Å². The molecule has 4 heterocycles. The number of nitrogens with zero attached hydrogens (tertiary/aromatic N) is 4. The molecule has 3 aromatic heterocycles. The highest BCUT2D eigenvalue weighted by Crippen LogP contribution is 2.38. The van der Waals surface area contributed by atoms with Gasteiger partial charge in [-0.1, -0.05) is 72.8 Å². The van der Waals surface area contributed by atoms with Crippen LogP contribution in [0.15, 0.2) is 121 Å². The lowest BCUT2D eigenvalue weighted by molar-refractivity contribution is 0.945. The van der Waals surface area contributed by atoms with E-state index >= 15 is 0 Å². The number of fused-ring (bicyclic) bond motifs is 6. The fraction of sp³-hybridized carbons (Fsp3) is 0.0571. The van der Waals surface area contributed by atoms with Gasteiger partial charge < -0.3 is 4.90 Å². The van der Waals surface area contributed by atoms with Gasteiger partial charge in [-0.2, -0.15) is 0 Å². The summed E-state index contributed by atoms with van der Waals surface area (Å²) >= 11 is 0. The first-order chi connectivity index (χ1) is 19.3. The fourth-order valence-electron chi connectivity index (χ4n) is 6.13. The molecule has 186 valence electrons. The van der Waals surface area contributed by atoms with Crippen molar-refractivity contribution in [2.75, 3.05) is 18.5 Å². The van der Waals surface area contributed by atoms with Crippen LogP contribution in [0.2, 0.25) is 0 Å². The number of pyridine rings is 1. The van der Waals surface area contributed by atoms with Gasteiger partial charge in [-0.15, -0.1) is 0 Å². The average molecular weight is 503 g/mol. The summed E-state index contributed by atoms with van der Waals surface area (Å²) in [6.07, 6.45) is 6.37. The zero-order valence-corrected chi connectivity index (χ0v) is 21.6. The molecule has 0 N–H and O–H groups in total. The summed E-state index contributed by atoms with van der Waals surface area (Å²) in [5.41, 5.74) is 9.36. The second-order valence-electron chi connectivity index (χ2n) is 10.2. The van der Waals surface area contributed by atoms with Crippen LogP contribution in [0.4, 0.5) is 5.82 Å². The summed E-state index contributed by atoms with van der Waals surface area (Å²) in [6.45, 7) is 0.912. The van der Waals surface area contributed by atoms with Crippen molar-refractivity contribution in [3.63, 3.8) is 0 Å². The van der Waals surface area contributed by atoms with Crippen molar-refractivity contribution in [3.8, 4) is 22.5 Å². The van der Waals surface area contributed by atoms with E-state index in [0.717, 1.165) is 17.9 Å². The molecule has 4 nitrogen and oxygen atoms in total. The largest absolute Gasteiger partial charge is 0.357 e. The average Bonchev–Trinajstić information content (AvgIpc) is 3.52. The molecule has 0 radical (unpaired) electrons. The van der Waals surface area contributed by atoms with E-state index in [4.69, 9.17) is 4.98 Å². The Kier molecular flexibility index (Phi) is 4.76. The van der Waals surface area contributed by atoms with Gasteiger partial charge in [0.05, 0.1) is 11.0 Å². The van der Waals surface area contributed by atoms with Crippen LogP contribution in [-0.2, 0) is 0 Å². The molecule has 0 saturated carbocycles. The Morgan fingerprint density at radius 3 is 1.90 bits per heavy atom. The van der Waals surface area contributed by atoms with Gasteiger partial charge in [-0.05, 0) is 59.7 Å². The number of aromatic nitrogens is 3. The minimum absolute atomic E-state index is 0.912. The lowest BCUT2D eigenvalue weighted by Crippen LogP contribution is -2.22. The predicted molar refractivity (Wildman–Crippen MR) is 163 cm³/mol. The van der Waals surface area contributed by atoms with Gasteiger partial charge in [0, 0.05) is 52.9 Å². The summed E-state index contributed by atoms with van der Waals surface area (Å²) in [6, 6.07) is 39.1. The summed E-state index contributed by atoms with van der Waals surface area (Å²) < 4.78 is 4.64. The molecule has 1 aliphatic rings.